The lowest BCUT2D eigenvalue weighted by Gasteiger charge is -2.31. The van der Waals surface area contributed by atoms with Crippen LogP contribution < -0.4 is 14.4 Å². The van der Waals surface area contributed by atoms with Crippen molar-refractivity contribution < 1.29 is 17.9 Å². The van der Waals surface area contributed by atoms with Crippen LogP contribution in [-0.4, -0.2) is 33.7 Å². The van der Waals surface area contributed by atoms with Gasteiger partial charge in [0.05, 0.1) is 25.1 Å². The smallest absolute Gasteiger partial charge is 0.244 e. The molecule has 0 unspecified atom stereocenters. The van der Waals surface area contributed by atoms with E-state index < -0.39 is 16.1 Å². The number of benzene rings is 2. The topological polar surface area (TPSA) is 75.7 Å². The molecular weight excluding hydrogens is 424 g/mol. The highest BCUT2D eigenvalue weighted by Crippen LogP contribution is 2.27. The van der Waals surface area contributed by atoms with Gasteiger partial charge in [0.25, 0.3) is 0 Å². The lowest BCUT2D eigenvalue weighted by atomic mass is 10.0. The molecule has 0 radical (unpaired) electrons. The van der Waals surface area contributed by atoms with E-state index in [9.17, 15) is 13.2 Å². The van der Waals surface area contributed by atoms with Gasteiger partial charge in [-0.15, -0.1) is 0 Å². The second kappa shape index (κ2) is 10.2. The van der Waals surface area contributed by atoms with E-state index in [4.69, 9.17) is 16.3 Å². The van der Waals surface area contributed by atoms with Crippen molar-refractivity contribution in [2.24, 2.45) is 0 Å². The number of ether oxygens (including phenoxy) is 1. The van der Waals surface area contributed by atoms with E-state index in [0.717, 1.165) is 27.4 Å². The number of hydrogen-bond acceptors (Lipinski definition) is 4. The summed E-state index contributed by atoms with van der Waals surface area (Å²) in [7, 11) is -2.08. The SMILES string of the molecule is CC[C@H](NC(=O)[C@@H](CC)N(c1ccc(Cl)cc1)S(C)(=O)=O)c1ccc(OC)c(C)c1. The van der Waals surface area contributed by atoms with Crippen LogP contribution in [0.2, 0.25) is 5.02 Å². The predicted molar refractivity (Wildman–Crippen MR) is 122 cm³/mol. The molecular formula is C22H29ClN2O4S. The van der Waals surface area contributed by atoms with Crippen LogP contribution in [0.15, 0.2) is 42.5 Å². The first-order valence-corrected chi connectivity index (χ1v) is 12.0. The van der Waals surface area contributed by atoms with Crippen LogP contribution >= 0.6 is 11.6 Å². The number of methoxy groups -OCH3 is 1. The molecule has 0 fully saturated rings. The average Bonchev–Trinajstić information content (AvgIpc) is 2.70. The summed E-state index contributed by atoms with van der Waals surface area (Å²) < 4.78 is 31.6. The average molecular weight is 453 g/mol. The number of amides is 1. The fourth-order valence-electron chi connectivity index (χ4n) is 3.46. The van der Waals surface area contributed by atoms with Crippen molar-refractivity contribution in [2.75, 3.05) is 17.7 Å². The van der Waals surface area contributed by atoms with Crippen molar-refractivity contribution in [3.05, 3.63) is 58.6 Å². The Morgan fingerprint density at radius 3 is 2.23 bits per heavy atom. The van der Waals surface area contributed by atoms with Crippen molar-refractivity contribution in [3.8, 4) is 5.75 Å². The normalized spacial score (nSPS) is 13.4. The summed E-state index contributed by atoms with van der Waals surface area (Å²) in [5.74, 6) is 0.426. The standard InChI is InChI=1S/C22H29ClN2O4S/c1-6-19(16-8-13-21(29-4)15(3)14-16)24-22(26)20(7-2)25(30(5,27)28)18-11-9-17(23)10-12-18/h8-14,19-20H,6-7H2,1-5H3,(H,24,26)/t19-,20+/m0/s1. The van der Waals surface area contributed by atoms with Crippen molar-refractivity contribution >= 4 is 33.2 Å². The van der Waals surface area contributed by atoms with Gasteiger partial charge in [0, 0.05) is 5.02 Å². The van der Waals surface area contributed by atoms with Crippen LogP contribution in [0.3, 0.4) is 0 Å². The number of carbonyl (C=O) groups is 1. The van der Waals surface area contributed by atoms with Crippen molar-refractivity contribution in [1.29, 1.82) is 0 Å². The fraction of sp³-hybridized carbons (Fsp3) is 0.409. The molecule has 6 nitrogen and oxygen atoms in total. The first-order valence-electron chi connectivity index (χ1n) is 9.82. The summed E-state index contributed by atoms with van der Waals surface area (Å²) >= 11 is 5.94. The second-order valence-electron chi connectivity index (χ2n) is 7.16. The zero-order valence-electron chi connectivity index (χ0n) is 18.0. The van der Waals surface area contributed by atoms with Crippen LogP contribution in [0, 0.1) is 6.92 Å². The molecule has 2 rings (SSSR count). The molecule has 0 aliphatic carbocycles. The van der Waals surface area contributed by atoms with E-state index in [0.29, 0.717) is 23.6 Å². The molecule has 0 aliphatic rings. The Morgan fingerprint density at radius 2 is 1.77 bits per heavy atom. The molecule has 2 aromatic carbocycles. The number of rotatable bonds is 9. The maximum Gasteiger partial charge on any atom is 0.244 e. The summed E-state index contributed by atoms with van der Waals surface area (Å²) in [4.78, 5) is 13.2. The number of halogens is 1. The second-order valence-corrected chi connectivity index (χ2v) is 9.45. The van der Waals surface area contributed by atoms with Gasteiger partial charge >= 0.3 is 0 Å². The minimum absolute atomic E-state index is 0.247. The van der Waals surface area contributed by atoms with Gasteiger partial charge in [0.1, 0.15) is 11.8 Å². The van der Waals surface area contributed by atoms with Gasteiger partial charge in [-0.1, -0.05) is 37.6 Å². The fourth-order valence-corrected chi connectivity index (χ4v) is 4.79. The van der Waals surface area contributed by atoms with Gasteiger partial charge in [-0.2, -0.15) is 0 Å². The van der Waals surface area contributed by atoms with E-state index in [2.05, 4.69) is 5.32 Å². The van der Waals surface area contributed by atoms with Crippen LogP contribution in [0.25, 0.3) is 0 Å². The molecule has 0 aliphatic heterocycles. The highest BCUT2D eigenvalue weighted by molar-refractivity contribution is 7.92. The minimum Gasteiger partial charge on any atom is -0.496 e. The largest absolute Gasteiger partial charge is 0.496 e. The molecule has 8 heteroatoms. The molecule has 2 atom stereocenters. The highest BCUT2D eigenvalue weighted by atomic mass is 35.5. The molecule has 30 heavy (non-hydrogen) atoms. The zero-order valence-corrected chi connectivity index (χ0v) is 19.5. The van der Waals surface area contributed by atoms with Crippen molar-refractivity contribution in [3.63, 3.8) is 0 Å². The summed E-state index contributed by atoms with van der Waals surface area (Å²) in [6.45, 7) is 5.70. The molecule has 0 spiro atoms. The maximum absolute atomic E-state index is 13.2. The van der Waals surface area contributed by atoms with E-state index in [1.54, 1.807) is 38.3 Å². The molecule has 1 amide bonds. The minimum atomic E-state index is -3.70. The molecule has 0 saturated heterocycles. The van der Waals surface area contributed by atoms with Gasteiger partial charge in [0.15, 0.2) is 0 Å². The van der Waals surface area contributed by atoms with Gasteiger partial charge in [-0.3, -0.25) is 9.10 Å². The predicted octanol–water partition coefficient (Wildman–Crippen LogP) is 4.47. The van der Waals surface area contributed by atoms with Gasteiger partial charge < -0.3 is 10.1 Å². The summed E-state index contributed by atoms with van der Waals surface area (Å²) in [5.41, 5.74) is 2.31. The van der Waals surface area contributed by atoms with Crippen LogP contribution in [0.1, 0.15) is 43.9 Å². The lowest BCUT2D eigenvalue weighted by molar-refractivity contribution is -0.123. The Kier molecular flexibility index (Phi) is 8.15. The molecule has 1 N–H and O–H groups in total. The number of aryl methyl sites for hydroxylation is 1. The van der Waals surface area contributed by atoms with E-state index in [-0.39, 0.29) is 11.9 Å². The Bertz CT molecular complexity index is 977. The molecule has 0 bridgehead atoms. The Labute approximate surface area is 184 Å². The number of carbonyl (C=O) groups excluding carboxylic acids is 1. The van der Waals surface area contributed by atoms with Crippen molar-refractivity contribution in [2.45, 2.75) is 45.7 Å². The first kappa shape index (κ1) is 24.0. The third kappa shape index (κ3) is 5.67. The van der Waals surface area contributed by atoms with Gasteiger partial charge in [0.2, 0.25) is 15.9 Å². The monoisotopic (exact) mass is 452 g/mol. The maximum atomic E-state index is 13.2. The number of hydrogen-bond donors (Lipinski definition) is 1. The van der Waals surface area contributed by atoms with Crippen LogP contribution in [-0.2, 0) is 14.8 Å². The number of sulfonamides is 1. The number of nitrogens with zero attached hydrogens (tertiary/aromatic N) is 1. The molecule has 0 saturated carbocycles. The van der Waals surface area contributed by atoms with E-state index in [1.165, 1.54) is 0 Å². The third-order valence-electron chi connectivity index (χ3n) is 4.96. The Balaban J connectivity index is 2.34. The van der Waals surface area contributed by atoms with Crippen molar-refractivity contribution in [1.82, 2.24) is 5.32 Å². The quantitative estimate of drug-likeness (QED) is 0.609. The molecule has 2 aromatic rings. The van der Waals surface area contributed by atoms with Crippen LogP contribution in [0.4, 0.5) is 5.69 Å². The van der Waals surface area contributed by atoms with Gasteiger partial charge in [-0.25, -0.2) is 8.42 Å². The Hall–Kier alpha value is -2.25. The number of anilines is 1. The summed E-state index contributed by atoms with van der Waals surface area (Å²) in [5, 5.41) is 3.51. The number of nitrogens with one attached hydrogen (secondary N) is 1. The Morgan fingerprint density at radius 1 is 1.13 bits per heavy atom. The van der Waals surface area contributed by atoms with Crippen LogP contribution in [0.5, 0.6) is 5.75 Å². The van der Waals surface area contributed by atoms with E-state index >= 15 is 0 Å². The summed E-state index contributed by atoms with van der Waals surface area (Å²) in [6, 6.07) is 11.0. The molecule has 0 aromatic heterocycles. The molecule has 164 valence electrons. The molecule has 0 heterocycles. The highest BCUT2D eigenvalue weighted by Gasteiger charge is 2.32. The zero-order chi connectivity index (χ0) is 22.5. The summed E-state index contributed by atoms with van der Waals surface area (Å²) in [6.07, 6.45) is 2.08. The lowest BCUT2D eigenvalue weighted by Crippen LogP contribution is -2.50. The first-order chi connectivity index (χ1) is 14.1. The van der Waals surface area contributed by atoms with E-state index in [1.807, 2.05) is 32.0 Å². The third-order valence-corrected chi connectivity index (χ3v) is 6.39. The van der Waals surface area contributed by atoms with Gasteiger partial charge in [-0.05, 0) is 61.2 Å².